The van der Waals surface area contributed by atoms with Crippen molar-refractivity contribution in [2.24, 2.45) is 0 Å². The van der Waals surface area contributed by atoms with Crippen molar-refractivity contribution < 1.29 is 27.7 Å². The molecule has 1 saturated heterocycles. The minimum atomic E-state index is -1.77. The van der Waals surface area contributed by atoms with Crippen molar-refractivity contribution in [1.82, 2.24) is 0 Å². The van der Waals surface area contributed by atoms with Gasteiger partial charge in [0.1, 0.15) is 0 Å². The number of rotatable bonds is 10. The molecule has 238 valence electrons. The van der Waals surface area contributed by atoms with Gasteiger partial charge in [0.15, 0.2) is 0 Å². The Morgan fingerprint density at radius 1 is 0.884 bits per heavy atom. The summed E-state index contributed by atoms with van der Waals surface area (Å²) in [6.45, 7) is 22.2. The Morgan fingerprint density at radius 2 is 1.44 bits per heavy atom. The van der Waals surface area contributed by atoms with Gasteiger partial charge < -0.3 is 19.3 Å². The SMILES string of the molecule is CC(C)Oc1ccccc1[CH]=[Ru]([Cl])[Cl].COCCOCC1CN(c2c(C)cc(C)cc2C)[CH-]N1c1c(C)cc(C)cc1C. The first kappa shape index (κ1) is 35.5. The molecule has 0 saturated carbocycles. The van der Waals surface area contributed by atoms with Crippen LogP contribution in [0.4, 0.5) is 11.4 Å². The average molecular weight is 716 g/mol. The van der Waals surface area contributed by atoms with Gasteiger partial charge in [-0.3, -0.25) is 0 Å². The number of methoxy groups -OCH3 is 1. The van der Waals surface area contributed by atoms with Crippen molar-refractivity contribution in [2.75, 3.05) is 43.3 Å². The number of para-hydroxylation sites is 1. The van der Waals surface area contributed by atoms with E-state index in [1.165, 1.54) is 44.8 Å². The summed E-state index contributed by atoms with van der Waals surface area (Å²) in [4.78, 5) is 4.81. The minimum absolute atomic E-state index is 0.163. The molecular weight excluding hydrogens is 668 g/mol. The average Bonchev–Trinajstić information content (AvgIpc) is 3.29. The van der Waals surface area contributed by atoms with E-state index in [0.717, 1.165) is 17.9 Å². The molecule has 1 atom stereocenters. The van der Waals surface area contributed by atoms with E-state index in [-0.39, 0.29) is 12.1 Å². The van der Waals surface area contributed by atoms with Crippen LogP contribution in [0.15, 0.2) is 48.5 Å². The van der Waals surface area contributed by atoms with E-state index in [0.29, 0.717) is 19.8 Å². The molecule has 1 heterocycles. The second-order valence-corrected chi connectivity index (χ2v) is 17.1. The molecule has 1 fully saturated rings. The molecule has 5 nitrogen and oxygen atoms in total. The Labute approximate surface area is 272 Å². The van der Waals surface area contributed by atoms with Crippen LogP contribution in [0.5, 0.6) is 5.75 Å². The fourth-order valence-corrected chi connectivity index (χ4v) is 7.51. The zero-order chi connectivity index (χ0) is 31.7. The molecule has 0 spiro atoms. The molecule has 1 unspecified atom stereocenters. The molecule has 0 amide bonds. The molecule has 0 N–H and O–H groups in total. The monoisotopic (exact) mass is 715 g/mol. The zero-order valence-corrected chi connectivity index (χ0v) is 30.2. The van der Waals surface area contributed by atoms with E-state index in [2.05, 4.69) is 82.3 Å². The fourth-order valence-electron chi connectivity index (χ4n) is 5.70. The summed E-state index contributed by atoms with van der Waals surface area (Å²) in [5.74, 6) is 0.850. The van der Waals surface area contributed by atoms with Crippen molar-refractivity contribution in [2.45, 2.75) is 67.5 Å². The molecule has 1 aliphatic heterocycles. The van der Waals surface area contributed by atoms with Gasteiger partial charge in [-0.2, -0.15) is 6.67 Å². The number of benzene rings is 3. The van der Waals surface area contributed by atoms with Crippen LogP contribution in [0.25, 0.3) is 0 Å². The van der Waals surface area contributed by atoms with Gasteiger partial charge in [0, 0.05) is 31.1 Å². The second-order valence-electron chi connectivity index (χ2n) is 11.4. The number of halogens is 2. The number of ether oxygens (including phenoxy) is 3. The third kappa shape index (κ3) is 10.3. The summed E-state index contributed by atoms with van der Waals surface area (Å²) in [7, 11) is 13.3. The predicted molar refractivity (Wildman–Crippen MR) is 181 cm³/mol. The fraction of sp³-hybridized carbons (Fsp3) is 0.429. The van der Waals surface area contributed by atoms with Crippen LogP contribution in [0.3, 0.4) is 0 Å². The molecule has 4 rings (SSSR count). The van der Waals surface area contributed by atoms with Gasteiger partial charge in [0.2, 0.25) is 0 Å². The minimum Gasteiger partial charge on any atom is -0.501 e. The van der Waals surface area contributed by atoms with Gasteiger partial charge in [-0.25, -0.2) is 0 Å². The number of hydrogen-bond donors (Lipinski definition) is 0. The molecule has 3 aromatic rings. The Kier molecular flexibility index (Phi) is 14.0. The van der Waals surface area contributed by atoms with Crippen molar-refractivity contribution in [3.8, 4) is 5.75 Å². The Hall–Kier alpha value is -1.95. The van der Waals surface area contributed by atoms with Gasteiger partial charge in [0.05, 0.1) is 19.8 Å². The van der Waals surface area contributed by atoms with Crippen LogP contribution in [0.2, 0.25) is 0 Å². The zero-order valence-electron chi connectivity index (χ0n) is 27.0. The standard InChI is InChI=1S/C25H35N2O2.C10H12O.2ClH.Ru/c1-17-10-19(3)24(20(4)11-17)26-14-23(15-29-9-8-28-7)27(16-26)25-21(5)12-18(2)13-22(25)6;1-8(2)11-10-7-5-4-6-9(10)3;;;/h10-13,16,23H,8-9,14-15H2,1-7H3;3-8H,1-2H3;2*1H;/q-1;;;;+2/p-2. The third-order valence-electron chi connectivity index (χ3n) is 7.09. The van der Waals surface area contributed by atoms with Crippen LogP contribution in [-0.2, 0) is 23.0 Å². The van der Waals surface area contributed by atoms with Gasteiger partial charge in [-0.1, -0.05) is 35.4 Å². The summed E-state index contributed by atoms with van der Waals surface area (Å²) >= 11 is -1.77. The van der Waals surface area contributed by atoms with E-state index in [1.807, 2.05) is 42.7 Å². The first-order valence-electron chi connectivity index (χ1n) is 14.6. The molecule has 8 heteroatoms. The smallest absolute Gasteiger partial charge is 0.0701 e. The van der Waals surface area contributed by atoms with E-state index < -0.39 is 13.5 Å². The molecule has 43 heavy (non-hydrogen) atoms. The van der Waals surface area contributed by atoms with Crippen LogP contribution in [0.1, 0.15) is 52.8 Å². The Balaban J connectivity index is 0.000000303. The molecule has 0 aromatic heterocycles. The van der Waals surface area contributed by atoms with E-state index in [1.54, 1.807) is 7.11 Å². The number of nitrogens with zero attached hydrogens (tertiary/aromatic N) is 2. The van der Waals surface area contributed by atoms with Crippen molar-refractivity contribution in [3.05, 3.63) is 94.1 Å². The predicted octanol–water partition coefficient (Wildman–Crippen LogP) is 8.56. The van der Waals surface area contributed by atoms with Crippen molar-refractivity contribution in [1.29, 1.82) is 0 Å². The maximum Gasteiger partial charge on any atom is 0.0701 e. The first-order chi connectivity index (χ1) is 20.4. The summed E-state index contributed by atoms with van der Waals surface area (Å²) in [6.07, 6.45) is 0.163. The van der Waals surface area contributed by atoms with E-state index in [9.17, 15) is 0 Å². The van der Waals surface area contributed by atoms with Crippen LogP contribution >= 0.6 is 19.4 Å². The van der Waals surface area contributed by atoms with E-state index >= 15 is 0 Å². The number of anilines is 2. The summed E-state index contributed by atoms with van der Waals surface area (Å²) in [5.41, 5.74) is 11.4. The van der Waals surface area contributed by atoms with Gasteiger partial charge in [-0.15, -0.1) is 0 Å². The maximum absolute atomic E-state index is 5.96. The molecule has 0 radical (unpaired) electrons. The Morgan fingerprint density at radius 3 is 1.98 bits per heavy atom. The van der Waals surface area contributed by atoms with Gasteiger partial charge in [-0.05, 0) is 63.8 Å². The number of hydrogen-bond acceptors (Lipinski definition) is 5. The van der Waals surface area contributed by atoms with E-state index in [4.69, 9.17) is 33.6 Å². The second kappa shape index (κ2) is 16.9. The van der Waals surface area contributed by atoms with Crippen molar-refractivity contribution in [3.63, 3.8) is 0 Å². The molecule has 0 aliphatic carbocycles. The quantitative estimate of drug-likeness (QED) is 0.119. The summed E-state index contributed by atoms with van der Waals surface area (Å²) in [5, 5.41) is 0. The van der Waals surface area contributed by atoms with Crippen molar-refractivity contribution >= 4 is 35.4 Å². The normalized spacial score (nSPS) is 15.0. The van der Waals surface area contributed by atoms with Crippen LogP contribution < -0.4 is 14.5 Å². The molecular formula is C35H47Cl2N2O3Ru-. The maximum atomic E-state index is 5.96. The largest absolute Gasteiger partial charge is 0.501 e. The summed E-state index contributed by atoms with van der Waals surface area (Å²) < 4.78 is 18.6. The van der Waals surface area contributed by atoms with Gasteiger partial charge in [0.25, 0.3) is 0 Å². The first-order valence-corrected chi connectivity index (χ1v) is 20.1. The third-order valence-corrected chi connectivity index (χ3v) is 8.92. The van der Waals surface area contributed by atoms with Gasteiger partial charge >= 0.3 is 97.8 Å². The topological polar surface area (TPSA) is 34.2 Å². The van der Waals surface area contributed by atoms with Crippen LogP contribution in [-0.4, -0.2) is 50.2 Å². The molecule has 0 bridgehead atoms. The summed E-state index contributed by atoms with van der Waals surface area (Å²) in [6, 6.07) is 17.1. The number of aryl methyl sites for hydroxylation is 6. The molecule has 3 aromatic carbocycles. The van der Waals surface area contributed by atoms with Crippen LogP contribution in [0, 0.1) is 48.2 Å². The molecule has 1 aliphatic rings. The Bertz CT molecular complexity index is 1350.